The molecule has 9 heteroatoms. The average molecular weight is 536 g/mol. The number of nitrogens with zero attached hydrogens (tertiary/aromatic N) is 7. The Hall–Kier alpha value is -3.82. The topological polar surface area (TPSA) is 101 Å². The fourth-order valence-corrected chi connectivity index (χ4v) is 6.58. The van der Waals surface area contributed by atoms with Gasteiger partial charge in [0.15, 0.2) is 5.82 Å². The van der Waals surface area contributed by atoms with Gasteiger partial charge in [-0.2, -0.15) is 9.67 Å². The second kappa shape index (κ2) is 11.0. The molecular weight excluding hydrogens is 498 g/mol. The van der Waals surface area contributed by atoms with Gasteiger partial charge in [-0.3, -0.25) is 4.90 Å². The number of aromatic nitrogens is 5. The van der Waals surface area contributed by atoms with Gasteiger partial charge in [-0.1, -0.05) is 36.4 Å². The van der Waals surface area contributed by atoms with Crippen molar-refractivity contribution in [2.24, 2.45) is 0 Å². The maximum Gasteiger partial charge on any atom is 0.241 e. The molecule has 9 nitrogen and oxygen atoms in total. The van der Waals surface area contributed by atoms with Gasteiger partial charge >= 0.3 is 0 Å². The molecule has 4 heterocycles. The fraction of sp³-hybridized carbons (Fsp3) is 0.419. The van der Waals surface area contributed by atoms with Gasteiger partial charge in [-0.25, -0.2) is 0 Å². The van der Waals surface area contributed by atoms with Crippen molar-refractivity contribution in [1.29, 1.82) is 0 Å². The van der Waals surface area contributed by atoms with Crippen LogP contribution in [0.5, 0.6) is 0 Å². The van der Waals surface area contributed by atoms with Crippen LogP contribution < -0.4 is 11.1 Å². The molecule has 7 rings (SSSR count). The number of nitrogen functional groups attached to an aromatic ring is 1. The summed E-state index contributed by atoms with van der Waals surface area (Å²) in [4.78, 5) is 9.74. The molecule has 3 N–H and O–H groups in total. The molecule has 0 spiro atoms. The number of likely N-dealkylation sites (tertiary alicyclic amines) is 2. The number of anilines is 3. The molecular formula is C31H37N9. The average Bonchev–Trinajstić information content (AvgIpc) is 3.61. The van der Waals surface area contributed by atoms with Crippen LogP contribution >= 0.6 is 0 Å². The minimum atomic E-state index is 0.193. The van der Waals surface area contributed by atoms with E-state index in [2.05, 4.69) is 90.0 Å². The third-order valence-electron chi connectivity index (χ3n) is 8.70. The molecule has 4 aromatic rings. The predicted molar refractivity (Wildman–Crippen MR) is 158 cm³/mol. The summed E-state index contributed by atoms with van der Waals surface area (Å²) >= 11 is 0. The number of nitrogens with one attached hydrogen (secondary N) is 1. The molecule has 0 radical (unpaired) electrons. The summed E-state index contributed by atoms with van der Waals surface area (Å²) in [5.74, 6) is 1.33. The molecule has 206 valence electrons. The van der Waals surface area contributed by atoms with Crippen molar-refractivity contribution >= 4 is 17.6 Å². The third-order valence-corrected chi connectivity index (χ3v) is 8.70. The summed E-state index contributed by atoms with van der Waals surface area (Å²) in [6.45, 7) is 5.94. The lowest BCUT2D eigenvalue weighted by Gasteiger charge is -2.36. The van der Waals surface area contributed by atoms with Crippen molar-refractivity contribution in [2.45, 2.75) is 57.5 Å². The van der Waals surface area contributed by atoms with Gasteiger partial charge < -0.3 is 16.0 Å². The lowest BCUT2D eigenvalue weighted by Crippen LogP contribution is -2.43. The summed E-state index contributed by atoms with van der Waals surface area (Å²) in [7, 11) is 0. The van der Waals surface area contributed by atoms with E-state index in [1.807, 2.05) is 0 Å². The number of piperidine rings is 1. The Balaban J connectivity index is 1.04. The Kier molecular flexibility index (Phi) is 6.91. The molecule has 40 heavy (non-hydrogen) atoms. The van der Waals surface area contributed by atoms with E-state index in [-0.39, 0.29) is 5.95 Å². The molecule has 2 aromatic carbocycles. The highest BCUT2D eigenvalue weighted by atomic mass is 15.5. The van der Waals surface area contributed by atoms with Crippen LogP contribution in [0.25, 0.3) is 17.1 Å². The monoisotopic (exact) mass is 535 g/mol. The van der Waals surface area contributed by atoms with Crippen molar-refractivity contribution in [3.05, 3.63) is 71.3 Å². The molecule has 2 aliphatic heterocycles. The number of benzene rings is 2. The first kappa shape index (κ1) is 25.2. The van der Waals surface area contributed by atoms with E-state index in [1.54, 1.807) is 4.68 Å². The minimum absolute atomic E-state index is 0.193. The molecule has 2 fully saturated rings. The van der Waals surface area contributed by atoms with E-state index in [4.69, 9.17) is 5.73 Å². The van der Waals surface area contributed by atoms with Gasteiger partial charge in [0, 0.05) is 23.8 Å². The molecule has 0 saturated carbocycles. The zero-order chi connectivity index (χ0) is 26.9. The van der Waals surface area contributed by atoms with Gasteiger partial charge in [-0.15, -0.1) is 15.3 Å². The zero-order valence-corrected chi connectivity index (χ0v) is 23.0. The Morgan fingerprint density at radius 3 is 2.45 bits per heavy atom. The van der Waals surface area contributed by atoms with Crippen molar-refractivity contribution < 1.29 is 0 Å². The number of hydrogen-bond donors (Lipinski definition) is 2. The third kappa shape index (κ3) is 5.19. The highest BCUT2D eigenvalue weighted by Gasteiger charge is 2.26. The minimum Gasteiger partial charge on any atom is -0.366 e. The van der Waals surface area contributed by atoms with Gasteiger partial charge in [-0.05, 0) is 106 Å². The van der Waals surface area contributed by atoms with Crippen LogP contribution in [-0.4, -0.2) is 67.0 Å². The van der Waals surface area contributed by atoms with E-state index >= 15 is 0 Å². The van der Waals surface area contributed by atoms with Crippen LogP contribution in [0.2, 0.25) is 0 Å². The molecule has 2 aromatic heterocycles. The second-order valence-electron chi connectivity index (χ2n) is 11.4. The molecule has 1 aliphatic carbocycles. The van der Waals surface area contributed by atoms with Crippen LogP contribution in [0, 0.1) is 0 Å². The SMILES string of the molecule is Nc1nc(Nc2ccc(CN3CCC(N4CCCC4)CC3)cc2)n(-c2cc3c(nn2)-c2ccccc2CCC3)n1. The molecule has 3 aliphatic rings. The summed E-state index contributed by atoms with van der Waals surface area (Å²) in [6.07, 6.45) is 8.37. The Labute approximate surface area is 235 Å². The first-order chi connectivity index (χ1) is 19.7. The summed E-state index contributed by atoms with van der Waals surface area (Å²) < 4.78 is 1.65. The smallest absolute Gasteiger partial charge is 0.241 e. The van der Waals surface area contributed by atoms with E-state index < -0.39 is 0 Å². The molecule has 0 amide bonds. The zero-order valence-electron chi connectivity index (χ0n) is 23.0. The van der Waals surface area contributed by atoms with Crippen molar-refractivity contribution in [3.8, 4) is 17.1 Å². The summed E-state index contributed by atoms with van der Waals surface area (Å²) in [6, 6.07) is 19.9. The number of fused-ring (bicyclic) bond motifs is 3. The molecule has 0 bridgehead atoms. The Morgan fingerprint density at radius 1 is 0.850 bits per heavy atom. The number of nitrogens with two attached hydrogens (primary N) is 1. The van der Waals surface area contributed by atoms with Gasteiger partial charge in [0.05, 0.1) is 5.69 Å². The van der Waals surface area contributed by atoms with Crippen molar-refractivity contribution in [1.82, 2.24) is 34.8 Å². The first-order valence-electron chi connectivity index (χ1n) is 14.7. The van der Waals surface area contributed by atoms with Crippen LogP contribution in [0.15, 0.2) is 54.6 Å². The largest absolute Gasteiger partial charge is 0.366 e. The van der Waals surface area contributed by atoms with E-state index in [0.29, 0.717) is 11.8 Å². The van der Waals surface area contributed by atoms with Crippen LogP contribution in [0.1, 0.15) is 48.8 Å². The highest BCUT2D eigenvalue weighted by Crippen LogP contribution is 2.31. The quantitative estimate of drug-likeness (QED) is 0.370. The van der Waals surface area contributed by atoms with E-state index in [9.17, 15) is 0 Å². The normalized spacial score (nSPS) is 18.3. The summed E-state index contributed by atoms with van der Waals surface area (Å²) in [5, 5.41) is 17.0. The molecule has 0 atom stereocenters. The van der Waals surface area contributed by atoms with Gasteiger partial charge in [0.2, 0.25) is 11.9 Å². The highest BCUT2D eigenvalue weighted by molar-refractivity contribution is 5.68. The number of aryl methyl sites for hydroxylation is 2. The summed E-state index contributed by atoms with van der Waals surface area (Å²) in [5.41, 5.74) is 12.9. The molecule has 2 saturated heterocycles. The van der Waals surface area contributed by atoms with Gasteiger partial charge in [0.1, 0.15) is 0 Å². The van der Waals surface area contributed by atoms with Gasteiger partial charge in [0.25, 0.3) is 0 Å². The predicted octanol–water partition coefficient (Wildman–Crippen LogP) is 4.60. The van der Waals surface area contributed by atoms with E-state index in [1.165, 1.54) is 74.1 Å². The van der Waals surface area contributed by atoms with Crippen molar-refractivity contribution in [2.75, 3.05) is 37.2 Å². The Bertz CT molecular complexity index is 1460. The Morgan fingerprint density at radius 2 is 1.62 bits per heavy atom. The van der Waals surface area contributed by atoms with Crippen molar-refractivity contribution in [3.63, 3.8) is 0 Å². The first-order valence-corrected chi connectivity index (χ1v) is 14.7. The van der Waals surface area contributed by atoms with Crippen LogP contribution in [0.3, 0.4) is 0 Å². The van der Waals surface area contributed by atoms with Crippen LogP contribution in [0.4, 0.5) is 17.6 Å². The maximum absolute atomic E-state index is 6.03. The lowest BCUT2D eigenvalue weighted by molar-refractivity contribution is 0.122. The molecule has 0 unspecified atom stereocenters. The fourth-order valence-electron chi connectivity index (χ4n) is 6.58. The van der Waals surface area contributed by atoms with E-state index in [0.717, 1.165) is 43.2 Å². The lowest BCUT2D eigenvalue weighted by atomic mass is 10.0. The van der Waals surface area contributed by atoms with Crippen LogP contribution in [-0.2, 0) is 19.4 Å². The second-order valence-corrected chi connectivity index (χ2v) is 11.4. The maximum atomic E-state index is 6.03. The number of hydrogen-bond acceptors (Lipinski definition) is 8. The number of rotatable bonds is 6. The standard InChI is InChI=1S/C31H37N9/c32-30-34-31(40(37-30)28-20-24-8-5-7-23-6-1-2-9-27(23)29(24)36-35-28)33-25-12-10-22(11-13-25)21-38-18-14-26(15-19-38)39-16-3-4-17-39/h1-2,6,9-13,20,26H,3-5,7-8,14-19,21H2,(H3,32,33,34,37).